The van der Waals surface area contributed by atoms with E-state index in [4.69, 9.17) is 4.74 Å². The second-order valence-electron chi connectivity index (χ2n) is 6.05. The number of rotatable bonds is 5. The first kappa shape index (κ1) is 17.0. The fourth-order valence-corrected chi connectivity index (χ4v) is 3.55. The second kappa shape index (κ2) is 7.34. The van der Waals surface area contributed by atoms with Crippen LogP contribution in [0.5, 0.6) is 0 Å². The molecule has 0 saturated carbocycles. The van der Waals surface area contributed by atoms with Gasteiger partial charge in [0.25, 0.3) is 5.91 Å². The highest BCUT2D eigenvalue weighted by atomic mass is 32.1. The van der Waals surface area contributed by atoms with Crippen molar-refractivity contribution >= 4 is 22.9 Å². The highest BCUT2D eigenvalue weighted by Crippen LogP contribution is 2.25. The minimum absolute atomic E-state index is 0.170. The predicted molar refractivity (Wildman–Crippen MR) is 95.7 cm³/mol. The van der Waals surface area contributed by atoms with Gasteiger partial charge in [-0.1, -0.05) is 18.2 Å². The van der Waals surface area contributed by atoms with Gasteiger partial charge in [0.15, 0.2) is 0 Å². The molecule has 1 aliphatic heterocycles. The molecule has 128 valence electrons. The van der Waals surface area contributed by atoms with Crippen LogP contribution in [0.4, 0.5) is 5.69 Å². The normalized spacial score (nSPS) is 17.3. The van der Waals surface area contributed by atoms with Crippen molar-refractivity contribution in [2.75, 3.05) is 37.7 Å². The molecule has 0 unspecified atom stereocenters. The molecule has 0 spiro atoms. The van der Waals surface area contributed by atoms with E-state index < -0.39 is 5.60 Å². The molecule has 1 atom stereocenters. The molecular weight excluding hydrogens is 324 g/mol. The molecule has 6 heteroatoms. The van der Waals surface area contributed by atoms with Crippen LogP contribution in [0.2, 0.25) is 0 Å². The molecule has 2 N–H and O–H groups in total. The van der Waals surface area contributed by atoms with Crippen LogP contribution in [0.1, 0.15) is 22.2 Å². The Bertz CT molecular complexity index is 679. The van der Waals surface area contributed by atoms with Crippen LogP contribution in [-0.4, -0.2) is 43.9 Å². The van der Waals surface area contributed by atoms with E-state index in [2.05, 4.69) is 10.2 Å². The average Bonchev–Trinajstić information content (AvgIpc) is 3.16. The van der Waals surface area contributed by atoms with Gasteiger partial charge in [-0.2, -0.15) is 0 Å². The topological polar surface area (TPSA) is 61.8 Å². The zero-order valence-corrected chi connectivity index (χ0v) is 14.5. The summed E-state index contributed by atoms with van der Waals surface area (Å²) in [5, 5.41) is 15.3. The van der Waals surface area contributed by atoms with E-state index in [1.807, 2.05) is 41.8 Å². The molecule has 0 radical (unpaired) electrons. The van der Waals surface area contributed by atoms with Crippen LogP contribution >= 0.6 is 11.3 Å². The van der Waals surface area contributed by atoms with Crippen LogP contribution in [-0.2, 0) is 10.3 Å². The number of carbonyl (C=O) groups excluding carboxylic acids is 1. The summed E-state index contributed by atoms with van der Waals surface area (Å²) in [6.45, 7) is 4.78. The fourth-order valence-electron chi connectivity index (χ4n) is 2.77. The average molecular weight is 346 g/mol. The van der Waals surface area contributed by atoms with Gasteiger partial charge in [-0.3, -0.25) is 4.79 Å². The predicted octanol–water partition coefficient (Wildman–Crippen LogP) is 2.22. The molecule has 24 heavy (non-hydrogen) atoms. The Morgan fingerprint density at radius 3 is 2.75 bits per heavy atom. The minimum atomic E-state index is -1.07. The molecule has 1 aromatic heterocycles. The molecular formula is C18H22N2O3S. The second-order valence-corrected chi connectivity index (χ2v) is 7.00. The zero-order chi connectivity index (χ0) is 17.0. The van der Waals surface area contributed by atoms with Gasteiger partial charge in [0.05, 0.1) is 25.3 Å². The smallest absolute Gasteiger partial charge is 0.253 e. The lowest BCUT2D eigenvalue weighted by Crippen LogP contribution is -2.40. The van der Waals surface area contributed by atoms with Gasteiger partial charge >= 0.3 is 0 Å². The number of anilines is 1. The van der Waals surface area contributed by atoms with Gasteiger partial charge in [0, 0.05) is 23.7 Å². The maximum atomic E-state index is 12.6. The number of nitrogens with zero attached hydrogens (tertiary/aromatic N) is 1. The first-order valence-corrected chi connectivity index (χ1v) is 8.92. The molecule has 1 aliphatic rings. The molecule has 2 aromatic rings. The number of para-hydroxylation sites is 1. The van der Waals surface area contributed by atoms with Crippen LogP contribution in [0, 0.1) is 0 Å². The first-order chi connectivity index (χ1) is 11.6. The van der Waals surface area contributed by atoms with Gasteiger partial charge in [-0.05, 0) is 30.5 Å². The Labute approximate surface area is 145 Å². The molecule has 0 bridgehead atoms. The van der Waals surface area contributed by atoms with Crippen molar-refractivity contribution in [1.82, 2.24) is 5.32 Å². The number of ether oxygens (including phenoxy) is 1. The molecule has 0 aliphatic carbocycles. The van der Waals surface area contributed by atoms with Crippen molar-refractivity contribution in [1.29, 1.82) is 0 Å². The SMILES string of the molecule is C[C@@](O)(CNC(=O)c1ccccc1N1CCOCC1)c1cccs1. The third-order valence-corrected chi connectivity index (χ3v) is 5.27. The minimum Gasteiger partial charge on any atom is -0.383 e. The summed E-state index contributed by atoms with van der Waals surface area (Å²) in [6, 6.07) is 11.3. The largest absolute Gasteiger partial charge is 0.383 e. The molecule has 2 heterocycles. The van der Waals surface area contributed by atoms with Gasteiger partial charge in [0.2, 0.25) is 0 Å². The Hall–Kier alpha value is -1.89. The summed E-state index contributed by atoms with van der Waals surface area (Å²) in [5.41, 5.74) is 0.466. The van der Waals surface area contributed by atoms with E-state index in [-0.39, 0.29) is 12.5 Å². The van der Waals surface area contributed by atoms with Crippen molar-refractivity contribution < 1.29 is 14.6 Å². The number of nitrogens with one attached hydrogen (secondary N) is 1. The lowest BCUT2D eigenvalue weighted by atomic mass is 10.0. The summed E-state index contributed by atoms with van der Waals surface area (Å²) in [5.74, 6) is -0.172. The molecule has 1 fully saturated rings. The van der Waals surface area contributed by atoms with Crippen LogP contribution < -0.4 is 10.2 Å². The van der Waals surface area contributed by atoms with Gasteiger partial charge in [0.1, 0.15) is 5.60 Å². The maximum Gasteiger partial charge on any atom is 0.253 e. The third-order valence-electron chi connectivity index (χ3n) is 4.15. The van der Waals surface area contributed by atoms with Crippen LogP contribution in [0.3, 0.4) is 0 Å². The van der Waals surface area contributed by atoms with Crippen LogP contribution in [0.15, 0.2) is 41.8 Å². The summed E-state index contributed by atoms with van der Waals surface area (Å²) in [6.07, 6.45) is 0. The number of carbonyl (C=O) groups is 1. The number of morpholine rings is 1. The Kier molecular flexibility index (Phi) is 5.18. The number of thiophene rings is 1. The molecule has 5 nitrogen and oxygen atoms in total. The van der Waals surface area contributed by atoms with E-state index in [1.165, 1.54) is 11.3 Å². The van der Waals surface area contributed by atoms with E-state index in [9.17, 15) is 9.90 Å². The Morgan fingerprint density at radius 1 is 1.29 bits per heavy atom. The van der Waals surface area contributed by atoms with Gasteiger partial charge < -0.3 is 20.1 Å². The monoisotopic (exact) mass is 346 g/mol. The molecule has 1 aromatic carbocycles. The van der Waals surface area contributed by atoms with E-state index in [0.717, 1.165) is 23.7 Å². The van der Waals surface area contributed by atoms with E-state index in [0.29, 0.717) is 18.8 Å². The molecule has 1 amide bonds. The van der Waals surface area contributed by atoms with Crippen LogP contribution in [0.25, 0.3) is 0 Å². The van der Waals surface area contributed by atoms with Crippen molar-refractivity contribution in [2.24, 2.45) is 0 Å². The third kappa shape index (κ3) is 3.77. The summed E-state index contributed by atoms with van der Waals surface area (Å²) >= 11 is 1.48. The number of amides is 1. The van der Waals surface area contributed by atoms with E-state index >= 15 is 0 Å². The summed E-state index contributed by atoms with van der Waals surface area (Å²) < 4.78 is 5.38. The fraction of sp³-hybridized carbons (Fsp3) is 0.389. The lowest BCUT2D eigenvalue weighted by molar-refractivity contribution is 0.0557. The number of aliphatic hydroxyl groups is 1. The highest BCUT2D eigenvalue weighted by Gasteiger charge is 2.26. The summed E-state index contributed by atoms with van der Waals surface area (Å²) in [7, 11) is 0. The lowest BCUT2D eigenvalue weighted by Gasteiger charge is -2.30. The highest BCUT2D eigenvalue weighted by molar-refractivity contribution is 7.10. The summed E-state index contributed by atoms with van der Waals surface area (Å²) in [4.78, 5) is 15.6. The maximum absolute atomic E-state index is 12.6. The quantitative estimate of drug-likeness (QED) is 0.871. The molecule has 1 saturated heterocycles. The number of hydrogen-bond donors (Lipinski definition) is 2. The first-order valence-electron chi connectivity index (χ1n) is 8.04. The van der Waals surface area contributed by atoms with E-state index in [1.54, 1.807) is 6.92 Å². The van der Waals surface area contributed by atoms with Crippen molar-refractivity contribution in [3.05, 3.63) is 52.2 Å². The van der Waals surface area contributed by atoms with Crippen molar-refractivity contribution in [2.45, 2.75) is 12.5 Å². The molecule has 3 rings (SSSR count). The zero-order valence-electron chi connectivity index (χ0n) is 13.7. The Morgan fingerprint density at radius 2 is 2.04 bits per heavy atom. The number of hydrogen-bond acceptors (Lipinski definition) is 5. The van der Waals surface area contributed by atoms with Gasteiger partial charge in [-0.15, -0.1) is 11.3 Å². The van der Waals surface area contributed by atoms with Gasteiger partial charge in [-0.25, -0.2) is 0 Å². The number of benzene rings is 1. The van der Waals surface area contributed by atoms with Crippen molar-refractivity contribution in [3.8, 4) is 0 Å². The van der Waals surface area contributed by atoms with Crippen molar-refractivity contribution in [3.63, 3.8) is 0 Å². The standard InChI is InChI=1S/C18H22N2O3S/c1-18(22,16-7-4-12-24-16)13-19-17(21)14-5-2-3-6-15(14)20-8-10-23-11-9-20/h2-7,12,22H,8-11,13H2,1H3,(H,19,21)/t18-/m1/s1. The Balaban J connectivity index is 1.71.